The number of aromatic nitrogens is 3. The molecule has 0 aliphatic carbocycles. The number of fused-ring (bicyclic) bond motifs is 2. The first-order valence-corrected chi connectivity index (χ1v) is 13.2. The van der Waals surface area contributed by atoms with E-state index in [1.165, 1.54) is 30.6 Å². The van der Waals surface area contributed by atoms with Gasteiger partial charge in [0, 0.05) is 31.1 Å². The summed E-state index contributed by atoms with van der Waals surface area (Å²) in [7, 11) is -3.53. The highest BCUT2D eigenvalue weighted by molar-refractivity contribution is 7.88. The van der Waals surface area contributed by atoms with Crippen molar-refractivity contribution in [3.8, 4) is 17.5 Å². The summed E-state index contributed by atoms with van der Waals surface area (Å²) >= 11 is 0. The Morgan fingerprint density at radius 3 is 2.37 bits per heavy atom. The molecule has 2 atom stereocenters. The van der Waals surface area contributed by atoms with Crippen molar-refractivity contribution < 1.29 is 22.3 Å². The molecule has 35 heavy (non-hydrogen) atoms. The van der Waals surface area contributed by atoms with Gasteiger partial charge < -0.3 is 9.47 Å². The van der Waals surface area contributed by atoms with Crippen LogP contribution in [-0.2, 0) is 15.8 Å². The van der Waals surface area contributed by atoms with E-state index in [2.05, 4.69) is 15.0 Å². The Kier molecular flexibility index (Phi) is 6.41. The zero-order valence-electron chi connectivity index (χ0n) is 19.6. The number of hydrogen-bond acceptors (Lipinski definition) is 7. The summed E-state index contributed by atoms with van der Waals surface area (Å²) in [6.07, 6.45) is 5.70. The second kappa shape index (κ2) is 9.50. The summed E-state index contributed by atoms with van der Waals surface area (Å²) in [6, 6.07) is 8.99. The van der Waals surface area contributed by atoms with Crippen LogP contribution in [0.3, 0.4) is 0 Å². The average Bonchev–Trinajstić information content (AvgIpc) is 3.11. The third kappa shape index (κ3) is 4.99. The third-order valence-corrected chi connectivity index (χ3v) is 8.58. The zero-order chi connectivity index (χ0) is 24.6. The lowest BCUT2D eigenvalue weighted by Gasteiger charge is -2.37. The minimum absolute atomic E-state index is 0.125. The van der Waals surface area contributed by atoms with Gasteiger partial charge in [0.25, 0.3) is 0 Å². The fraction of sp³-hybridized carbons (Fsp3) is 0.400. The highest BCUT2D eigenvalue weighted by Crippen LogP contribution is 2.40. The summed E-state index contributed by atoms with van der Waals surface area (Å²) in [6.45, 7) is 3.70. The summed E-state index contributed by atoms with van der Waals surface area (Å²) in [4.78, 5) is 12.8. The Morgan fingerprint density at radius 2 is 1.69 bits per heavy atom. The number of benzene rings is 1. The number of aryl methyl sites for hydroxylation is 1. The number of ether oxygens (including phenoxy) is 2. The van der Waals surface area contributed by atoms with Crippen LogP contribution < -0.4 is 9.47 Å². The topological polar surface area (TPSA) is 94.5 Å². The SMILES string of the molecule is Cc1ncccc1Oc1ncnc(OC2C[C@@H]3CC[C@@H](C2)N3S(=O)(=O)Cc2ccc(F)cc2)c1C. The van der Waals surface area contributed by atoms with E-state index >= 15 is 0 Å². The number of pyridine rings is 1. The lowest BCUT2D eigenvalue weighted by Crippen LogP contribution is -2.49. The molecule has 0 saturated carbocycles. The monoisotopic (exact) mass is 498 g/mol. The summed E-state index contributed by atoms with van der Waals surface area (Å²) in [5.74, 6) is 0.925. The largest absolute Gasteiger partial charge is 0.474 e. The van der Waals surface area contributed by atoms with Crippen molar-refractivity contribution in [2.24, 2.45) is 0 Å². The van der Waals surface area contributed by atoms with Gasteiger partial charge in [0.15, 0.2) is 5.75 Å². The predicted molar refractivity (Wildman–Crippen MR) is 127 cm³/mol. The number of halogens is 1. The van der Waals surface area contributed by atoms with Crippen molar-refractivity contribution >= 4 is 10.0 Å². The van der Waals surface area contributed by atoms with Gasteiger partial charge in [0.2, 0.25) is 21.8 Å². The molecule has 0 radical (unpaired) electrons. The highest BCUT2D eigenvalue weighted by atomic mass is 32.2. The maximum absolute atomic E-state index is 13.2. The second-order valence-corrected chi connectivity index (χ2v) is 11.0. The fourth-order valence-corrected chi connectivity index (χ4v) is 7.03. The number of piperidine rings is 1. The molecule has 2 aliphatic heterocycles. The first kappa shape index (κ1) is 23.6. The Labute approximate surface area is 204 Å². The van der Waals surface area contributed by atoms with Crippen LogP contribution in [0.5, 0.6) is 17.5 Å². The second-order valence-electron chi connectivity index (χ2n) is 9.11. The molecule has 3 aromatic rings. The van der Waals surface area contributed by atoms with Gasteiger partial charge in [0.1, 0.15) is 18.2 Å². The molecular formula is C25H27FN4O4S. The highest BCUT2D eigenvalue weighted by Gasteiger charge is 2.47. The van der Waals surface area contributed by atoms with Crippen molar-refractivity contribution in [1.82, 2.24) is 19.3 Å². The number of hydrogen-bond donors (Lipinski definition) is 0. The normalized spacial score (nSPS) is 22.2. The molecule has 5 rings (SSSR count). The van der Waals surface area contributed by atoms with E-state index in [0.717, 1.165) is 18.5 Å². The van der Waals surface area contributed by atoms with Crippen molar-refractivity contribution in [1.29, 1.82) is 0 Å². The Bertz CT molecular complexity index is 1310. The minimum atomic E-state index is -3.53. The van der Waals surface area contributed by atoms with E-state index in [-0.39, 0.29) is 29.8 Å². The van der Waals surface area contributed by atoms with Gasteiger partial charge in [-0.05, 0) is 56.5 Å². The molecule has 10 heteroatoms. The number of nitrogens with zero attached hydrogens (tertiary/aromatic N) is 4. The molecule has 0 unspecified atom stereocenters. The van der Waals surface area contributed by atoms with Crippen LogP contribution in [0.2, 0.25) is 0 Å². The fourth-order valence-electron chi connectivity index (χ4n) is 4.98. The van der Waals surface area contributed by atoms with Gasteiger partial charge in [-0.15, -0.1) is 0 Å². The van der Waals surface area contributed by atoms with Crippen LogP contribution >= 0.6 is 0 Å². The van der Waals surface area contributed by atoms with Gasteiger partial charge in [-0.1, -0.05) is 12.1 Å². The Morgan fingerprint density at radius 1 is 1.00 bits per heavy atom. The van der Waals surface area contributed by atoms with E-state index in [9.17, 15) is 12.8 Å². The molecule has 0 spiro atoms. The van der Waals surface area contributed by atoms with Crippen molar-refractivity contribution in [2.75, 3.05) is 0 Å². The quantitative estimate of drug-likeness (QED) is 0.479. The molecule has 2 saturated heterocycles. The average molecular weight is 499 g/mol. The molecular weight excluding hydrogens is 471 g/mol. The summed E-state index contributed by atoms with van der Waals surface area (Å²) in [5.41, 5.74) is 2.01. The predicted octanol–water partition coefficient (Wildman–Crippen LogP) is 4.32. The van der Waals surface area contributed by atoms with Gasteiger partial charge in [-0.25, -0.2) is 22.8 Å². The van der Waals surface area contributed by atoms with E-state index in [0.29, 0.717) is 41.5 Å². The van der Waals surface area contributed by atoms with E-state index in [4.69, 9.17) is 9.47 Å². The van der Waals surface area contributed by atoms with Crippen molar-refractivity contribution in [3.05, 3.63) is 71.6 Å². The lowest BCUT2D eigenvalue weighted by molar-refractivity contribution is 0.0907. The molecule has 4 heterocycles. The molecule has 0 N–H and O–H groups in total. The summed E-state index contributed by atoms with van der Waals surface area (Å²) < 4.78 is 53.5. The molecule has 184 valence electrons. The smallest absolute Gasteiger partial charge is 0.229 e. The summed E-state index contributed by atoms with van der Waals surface area (Å²) in [5, 5.41) is 0. The van der Waals surface area contributed by atoms with Gasteiger partial charge in [-0.3, -0.25) is 4.98 Å². The zero-order valence-corrected chi connectivity index (χ0v) is 20.4. The van der Waals surface area contributed by atoms with Crippen LogP contribution in [0.1, 0.15) is 42.5 Å². The third-order valence-electron chi connectivity index (χ3n) is 6.64. The lowest BCUT2D eigenvalue weighted by atomic mass is 10.0. The maximum Gasteiger partial charge on any atom is 0.229 e. The Hall–Kier alpha value is -3.11. The molecule has 8 nitrogen and oxygen atoms in total. The minimum Gasteiger partial charge on any atom is -0.474 e. The Balaban J connectivity index is 1.28. The molecule has 0 amide bonds. The molecule has 2 aliphatic rings. The number of sulfonamides is 1. The van der Waals surface area contributed by atoms with Gasteiger partial charge in [0.05, 0.1) is 17.0 Å². The number of rotatable bonds is 7. The standard InChI is InChI=1S/C25H27FN4O4S/c1-16-24(28-15-29-25(16)34-23-4-3-11-27-17(23)2)33-22-12-20-9-10-21(13-22)30(20)35(31,32)14-18-5-7-19(26)8-6-18/h3-8,11,15,20-22H,9-10,12-14H2,1-2H3/t20-,21-/m0/s1. The van der Waals surface area contributed by atoms with Crippen LogP contribution in [0.25, 0.3) is 0 Å². The van der Waals surface area contributed by atoms with E-state index < -0.39 is 10.0 Å². The first-order chi connectivity index (χ1) is 16.8. The first-order valence-electron chi connectivity index (χ1n) is 11.6. The molecule has 2 aromatic heterocycles. The van der Waals surface area contributed by atoms with Gasteiger partial charge in [-0.2, -0.15) is 4.31 Å². The van der Waals surface area contributed by atoms with E-state index in [1.54, 1.807) is 16.6 Å². The van der Waals surface area contributed by atoms with Crippen LogP contribution in [0.15, 0.2) is 48.9 Å². The van der Waals surface area contributed by atoms with Crippen molar-refractivity contribution in [2.45, 2.75) is 63.5 Å². The van der Waals surface area contributed by atoms with E-state index in [1.807, 2.05) is 19.9 Å². The molecule has 2 bridgehead atoms. The van der Waals surface area contributed by atoms with Gasteiger partial charge >= 0.3 is 0 Å². The van der Waals surface area contributed by atoms with Crippen molar-refractivity contribution in [3.63, 3.8) is 0 Å². The van der Waals surface area contributed by atoms with Crippen LogP contribution in [0, 0.1) is 19.7 Å². The van der Waals surface area contributed by atoms with Crippen LogP contribution in [-0.4, -0.2) is 45.9 Å². The van der Waals surface area contributed by atoms with Crippen LogP contribution in [0.4, 0.5) is 4.39 Å². The molecule has 1 aromatic carbocycles. The molecule has 2 fully saturated rings. The maximum atomic E-state index is 13.2.